The van der Waals surface area contributed by atoms with Crippen LogP contribution in [-0.4, -0.2) is 24.0 Å². The topological polar surface area (TPSA) is 32.3 Å². The normalized spacial score (nSPS) is 18.0. The zero-order valence-corrected chi connectivity index (χ0v) is 13.6. The lowest BCUT2D eigenvalue weighted by Gasteiger charge is -2.32. The zero-order valence-electron chi connectivity index (χ0n) is 13.6. The van der Waals surface area contributed by atoms with Crippen LogP contribution in [0.25, 0.3) is 0 Å². The van der Waals surface area contributed by atoms with E-state index in [2.05, 4.69) is 36.5 Å². The second-order valence-electron chi connectivity index (χ2n) is 6.40. The lowest BCUT2D eigenvalue weighted by atomic mass is 9.98. The number of carbonyl (C=O) groups excluding carboxylic acids is 1. The quantitative estimate of drug-likeness (QED) is 0.904. The van der Waals surface area contributed by atoms with Crippen molar-refractivity contribution in [3.63, 3.8) is 0 Å². The number of carbonyl (C=O) groups is 1. The maximum atomic E-state index is 12.7. The van der Waals surface area contributed by atoms with Gasteiger partial charge in [0.1, 0.15) is 0 Å². The number of hydrogen-bond donors (Lipinski definition) is 1. The van der Waals surface area contributed by atoms with Gasteiger partial charge in [-0.3, -0.25) is 0 Å². The van der Waals surface area contributed by atoms with Crippen molar-refractivity contribution >= 4 is 6.03 Å². The van der Waals surface area contributed by atoms with E-state index in [0.717, 1.165) is 30.6 Å². The summed E-state index contributed by atoms with van der Waals surface area (Å²) in [5, 5.41) is 3.23. The first-order valence-corrected chi connectivity index (χ1v) is 8.39. The molecule has 3 nitrogen and oxygen atoms in total. The van der Waals surface area contributed by atoms with Crippen molar-refractivity contribution in [2.75, 3.05) is 13.1 Å². The molecule has 1 atom stereocenters. The van der Waals surface area contributed by atoms with E-state index in [0.29, 0.717) is 5.92 Å². The fourth-order valence-corrected chi connectivity index (χ4v) is 3.24. The summed E-state index contributed by atoms with van der Waals surface area (Å²) in [7, 11) is 0. The van der Waals surface area contributed by atoms with Crippen LogP contribution in [0.4, 0.5) is 4.79 Å². The predicted molar refractivity (Wildman–Crippen MR) is 93.2 cm³/mol. The fraction of sp³-hybridized carbons (Fsp3) is 0.350. The maximum Gasteiger partial charge on any atom is 0.318 e. The van der Waals surface area contributed by atoms with Gasteiger partial charge in [0.05, 0.1) is 6.04 Å². The van der Waals surface area contributed by atoms with Crippen LogP contribution in [0.2, 0.25) is 0 Å². The third-order valence-electron chi connectivity index (χ3n) is 4.48. The number of urea groups is 1. The molecule has 120 valence electrons. The van der Waals surface area contributed by atoms with Crippen LogP contribution in [0, 0.1) is 5.92 Å². The molecule has 3 heteroatoms. The van der Waals surface area contributed by atoms with E-state index in [1.54, 1.807) is 0 Å². The minimum atomic E-state index is -0.109. The summed E-state index contributed by atoms with van der Waals surface area (Å²) < 4.78 is 0. The Morgan fingerprint density at radius 3 is 2.13 bits per heavy atom. The highest BCUT2D eigenvalue weighted by molar-refractivity contribution is 5.75. The van der Waals surface area contributed by atoms with Crippen LogP contribution in [0.3, 0.4) is 0 Å². The minimum absolute atomic E-state index is 0.0363. The van der Waals surface area contributed by atoms with Gasteiger partial charge in [0.15, 0.2) is 0 Å². The van der Waals surface area contributed by atoms with Gasteiger partial charge in [-0.05, 0) is 29.9 Å². The van der Waals surface area contributed by atoms with Crippen molar-refractivity contribution in [2.24, 2.45) is 5.92 Å². The van der Waals surface area contributed by atoms with Gasteiger partial charge in [0.25, 0.3) is 0 Å². The number of nitrogens with zero attached hydrogens (tertiary/aromatic N) is 1. The van der Waals surface area contributed by atoms with Gasteiger partial charge in [-0.15, -0.1) is 0 Å². The molecular weight excluding hydrogens is 284 g/mol. The number of benzene rings is 2. The molecular formula is C20H24N2O. The van der Waals surface area contributed by atoms with E-state index < -0.39 is 0 Å². The number of nitrogens with one attached hydrogen (secondary N) is 1. The van der Waals surface area contributed by atoms with Crippen molar-refractivity contribution in [1.29, 1.82) is 0 Å². The molecule has 0 aliphatic carbocycles. The van der Waals surface area contributed by atoms with Gasteiger partial charge in [0.2, 0.25) is 0 Å². The Morgan fingerprint density at radius 2 is 1.61 bits per heavy atom. The number of likely N-dealkylation sites (tertiary alicyclic amines) is 1. The summed E-state index contributed by atoms with van der Waals surface area (Å²) in [6.07, 6.45) is 2.31. The monoisotopic (exact) mass is 308 g/mol. The first-order chi connectivity index (χ1) is 11.2. The highest BCUT2D eigenvalue weighted by atomic mass is 16.2. The predicted octanol–water partition coefficient (Wildman–Crippen LogP) is 4.22. The largest absolute Gasteiger partial charge is 0.327 e. The van der Waals surface area contributed by atoms with Gasteiger partial charge in [-0.2, -0.15) is 0 Å². The van der Waals surface area contributed by atoms with E-state index in [1.807, 2.05) is 41.3 Å². The molecule has 0 spiro atoms. The Hall–Kier alpha value is -2.29. The number of amides is 2. The van der Waals surface area contributed by atoms with Crippen LogP contribution >= 0.6 is 0 Å². The van der Waals surface area contributed by atoms with Gasteiger partial charge in [0, 0.05) is 13.1 Å². The first-order valence-electron chi connectivity index (χ1n) is 8.39. The van der Waals surface area contributed by atoms with Crippen molar-refractivity contribution in [2.45, 2.75) is 25.8 Å². The van der Waals surface area contributed by atoms with Crippen LogP contribution < -0.4 is 5.32 Å². The number of piperidine rings is 1. The summed E-state index contributed by atoms with van der Waals surface area (Å²) in [6.45, 7) is 3.92. The Balaban J connectivity index is 1.80. The Labute approximate surface area is 138 Å². The average molecular weight is 308 g/mol. The third-order valence-corrected chi connectivity index (χ3v) is 4.48. The van der Waals surface area contributed by atoms with Crippen LogP contribution in [0.1, 0.15) is 36.9 Å². The Morgan fingerprint density at radius 1 is 1.04 bits per heavy atom. The highest BCUT2D eigenvalue weighted by Gasteiger charge is 2.24. The smallest absolute Gasteiger partial charge is 0.318 e. The SMILES string of the molecule is CC1CCCN(C(=O)NC(c2ccccc2)c2ccccc2)C1. The van der Waals surface area contributed by atoms with E-state index in [-0.39, 0.29) is 12.1 Å². The van der Waals surface area contributed by atoms with Crippen molar-refractivity contribution in [3.8, 4) is 0 Å². The van der Waals surface area contributed by atoms with Crippen molar-refractivity contribution < 1.29 is 4.79 Å². The van der Waals surface area contributed by atoms with Crippen LogP contribution in [0.5, 0.6) is 0 Å². The number of rotatable bonds is 3. The highest BCUT2D eigenvalue weighted by Crippen LogP contribution is 2.23. The van der Waals surface area contributed by atoms with Gasteiger partial charge < -0.3 is 10.2 Å². The average Bonchev–Trinajstić information content (AvgIpc) is 2.61. The molecule has 1 unspecified atom stereocenters. The van der Waals surface area contributed by atoms with Crippen molar-refractivity contribution in [3.05, 3.63) is 71.8 Å². The molecule has 1 fully saturated rings. The molecule has 0 radical (unpaired) electrons. The summed E-state index contributed by atoms with van der Waals surface area (Å²) in [6, 6.07) is 20.2. The molecule has 2 aromatic rings. The van der Waals surface area contributed by atoms with E-state index in [4.69, 9.17) is 0 Å². The minimum Gasteiger partial charge on any atom is -0.327 e. The first kappa shape index (κ1) is 15.6. The van der Waals surface area contributed by atoms with Crippen molar-refractivity contribution in [1.82, 2.24) is 10.2 Å². The molecule has 0 saturated carbocycles. The number of hydrogen-bond acceptors (Lipinski definition) is 1. The molecule has 1 aliphatic heterocycles. The summed E-state index contributed by atoms with van der Waals surface area (Å²) in [4.78, 5) is 14.7. The molecule has 2 aromatic carbocycles. The van der Waals surface area contributed by atoms with E-state index in [1.165, 1.54) is 6.42 Å². The van der Waals surface area contributed by atoms with Gasteiger partial charge >= 0.3 is 6.03 Å². The summed E-state index contributed by atoms with van der Waals surface area (Å²) >= 11 is 0. The summed E-state index contributed by atoms with van der Waals surface area (Å²) in [5.41, 5.74) is 2.22. The van der Waals surface area contributed by atoms with Gasteiger partial charge in [-0.1, -0.05) is 67.6 Å². The Kier molecular flexibility index (Phi) is 4.96. The van der Waals surface area contributed by atoms with Crippen LogP contribution in [-0.2, 0) is 0 Å². The van der Waals surface area contributed by atoms with E-state index in [9.17, 15) is 4.79 Å². The molecule has 1 N–H and O–H groups in total. The molecule has 23 heavy (non-hydrogen) atoms. The second-order valence-corrected chi connectivity index (χ2v) is 6.40. The molecule has 1 saturated heterocycles. The second kappa shape index (κ2) is 7.32. The van der Waals surface area contributed by atoms with Crippen LogP contribution in [0.15, 0.2) is 60.7 Å². The molecule has 1 heterocycles. The summed E-state index contributed by atoms with van der Waals surface area (Å²) in [5.74, 6) is 0.585. The lowest BCUT2D eigenvalue weighted by Crippen LogP contribution is -2.46. The lowest BCUT2D eigenvalue weighted by molar-refractivity contribution is 0.167. The molecule has 2 amide bonds. The Bertz CT molecular complexity index is 587. The molecule has 3 rings (SSSR count). The molecule has 0 bridgehead atoms. The van der Waals surface area contributed by atoms with E-state index >= 15 is 0 Å². The molecule has 1 aliphatic rings. The van der Waals surface area contributed by atoms with Gasteiger partial charge in [-0.25, -0.2) is 4.79 Å². The molecule has 0 aromatic heterocycles. The third kappa shape index (κ3) is 3.92. The standard InChI is InChI=1S/C20H24N2O/c1-16-9-8-14-22(15-16)20(23)21-19(17-10-4-2-5-11-17)18-12-6-3-7-13-18/h2-7,10-13,16,19H,8-9,14-15H2,1H3,(H,21,23). The fourth-order valence-electron chi connectivity index (χ4n) is 3.24. The maximum absolute atomic E-state index is 12.7. The zero-order chi connectivity index (χ0) is 16.1.